The van der Waals surface area contributed by atoms with Crippen LogP contribution in [0.3, 0.4) is 0 Å². The highest BCUT2D eigenvalue weighted by Gasteiger charge is 2.74. The van der Waals surface area contributed by atoms with Crippen LogP contribution < -0.4 is 14.4 Å². The highest BCUT2D eigenvalue weighted by molar-refractivity contribution is 6.10. The number of para-hydroxylation sites is 1. The van der Waals surface area contributed by atoms with E-state index in [-0.39, 0.29) is 36.0 Å². The predicted molar refractivity (Wildman–Crippen MR) is 142 cm³/mol. The number of piperidine rings is 1. The second kappa shape index (κ2) is 8.59. The quantitative estimate of drug-likeness (QED) is 0.352. The minimum atomic E-state index is -1.37. The number of amides is 2. The number of likely N-dealkylation sites (tertiary alicyclic amines) is 1. The molecule has 3 aromatic rings. The van der Waals surface area contributed by atoms with Crippen molar-refractivity contribution in [2.75, 3.05) is 32.2 Å². The van der Waals surface area contributed by atoms with E-state index in [4.69, 9.17) is 14.2 Å². The zero-order valence-corrected chi connectivity index (χ0v) is 21.4. The van der Waals surface area contributed by atoms with Crippen molar-refractivity contribution in [3.05, 3.63) is 99.6 Å². The van der Waals surface area contributed by atoms with E-state index in [0.717, 1.165) is 5.56 Å². The predicted octanol–water partition coefficient (Wildman–Crippen LogP) is 4.86. The fourth-order valence-electron chi connectivity index (χ4n) is 6.55. The van der Waals surface area contributed by atoms with Gasteiger partial charge in [0.2, 0.25) is 5.75 Å². The monoisotopic (exact) mass is 527 g/mol. The summed E-state index contributed by atoms with van der Waals surface area (Å²) in [6, 6.07) is 17.7. The van der Waals surface area contributed by atoms with E-state index in [9.17, 15) is 19.7 Å². The van der Waals surface area contributed by atoms with E-state index < -0.39 is 22.2 Å². The van der Waals surface area contributed by atoms with Crippen LogP contribution in [0.15, 0.2) is 67.2 Å². The Labute approximate surface area is 224 Å². The number of fused-ring (bicyclic) bond motifs is 2. The van der Waals surface area contributed by atoms with Crippen LogP contribution in [0, 0.1) is 10.1 Å². The SMILES string of the molecule is C=Cc1c([N+](=O)[O-])c(OC)cc2c1[C@@]13CN(C(=O)OC)CC[C@]1(O2)c1ccccc1N3C(=O)c1ccccc1. The van der Waals surface area contributed by atoms with Crippen LogP contribution in [0.1, 0.15) is 33.5 Å². The summed E-state index contributed by atoms with van der Waals surface area (Å²) in [5, 5.41) is 12.4. The van der Waals surface area contributed by atoms with Gasteiger partial charge in [-0.05, 0) is 18.2 Å². The van der Waals surface area contributed by atoms with Gasteiger partial charge in [0.05, 0.1) is 36.9 Å². The molecule has 0 N–H and O–H groups in total. The van der Waals surface area contributed by atoms with Crippen LogP contribution in [-0.2, 0) is 15.9 Å². The summed E-state index contributed by atoms with van der Waals surface area (Å²) in [7, 11) is 2.64. The van der Waals surface area contributed by atoms with Crippen molar-refractivity contribution >= 4 is 29.5 Å². The first-order valence-corrected chi connectivity index (χ1v) is 12.4. The smallest absolute Gasteiger partial charge is 0.409 e. The molecule has 10 nitrogen and oxygen atoms in total. The number of ether oxygens (including phenoxy) is 3. The van der Waals surface area contributed by atoms with E-state index in [2.05, 4.69) is 6.58 Å². The normalized spacial score (nSPS) is 22.1. The van der Waals surface area contributed by atoms with Crippen LogP contribution in [0.5, 0.6) is 11.5 Å². The van der Waals surface area contributed by atoms with Gasteiger partial charge in [0.25, 0.3) is 5.91 Å². The molecule has 0 saturated carbocycles. The first-order valence-electron chi connectivity index (χ1n) is 12.4. The highest BCUT2D eigenvalue weighted by atomic mass is 16.6. The summed E-state index contributed by atoms with van der Waals surface area (Å²) >= 11 is 0. The minimum Gasteiger partial charge on any atom is -0.490 e. The van der Waals surface area contributed by atoms with E-state index in [1.807, 2.05) is 30.3 Å². The topological polar surface area (TPSA) is 111 Å². The largest absolute Gasteiger partial charge is 0.490 e. The number of anilines is 1. The van der Waals surface area contributed by atoms with Crippen molar-refractivity contribution in [2.24, 2.45) is 0 Å². The molecule has 3 aromatic carbocycles. The molecular weight excluding hydrogens is 502 g/mol. The Kier molecular flexibility index (Phi) is 5.39. The zero-order chi connectivity index (χ0) is 27.5. The molecule has 3 aliphatic rings. The standard InChI is InChI=1S/C29H25N3O7/c1-4-19-24-22(16-23(37-2)25(19)32(35)36)39-29-14-15-30(27(34)38-3)17-28(24,29)31(21-13-9-8-12-20(21)29)26(33)18-10-6-5-7-11-18/h4-13,16H,1,14-15,17H2,2-3H3/t28-,29-/m0/s1. The molecule has 0 aliphatic carbocycles. The molecule has 6 rings (SSSR count). The van der Waals surface area contributed by atoms with Crippen molar-refractivity contribution in [3.8, 4) is 11.5 Å². The fourth-order valence-corrected chi connectivity index (χ4v) is 6.55. The lowest BCUT2D eigenvalue weighted by Crippen LogP contribution is -2.66. The molecule has 0 radical (unpaired) electrons. The summed E-state index contributed by atoms with van der Waals surface area (Å²) in [6.07, 6.45) is 1.12. The molecule has 39 heavy (non-hydrogen) atoms. The molecular formula is C29H25N3O7. The number of nitro groups is 1. The minimum absolute atomic E-state index is 0.0113. The molecule has 2 atom stereocenters. The lowest BCUT2D eigenvalue weighted by molar-refractivity contribution is -0.386. The number of carbonyl (C=O) groups is 2. The maximum atomic E-state index is 14.4. The van der Waals surface area contributed by atoms with Crippen LogP contribution in [0.25, 0.3) is 6.08 Å². The van der Waals surface area contributed by atoms with Crippen LogP contribution in [0.2, 0.25) is 0 Å². The second-order valence-electron chi connectivity index (χ2n) is 9.63. The number of nitrogens with zero attached hydrogens (tertiary/aromatic N) is 3. The number of hydrogen-bond acceptors (Lipinski definition) is 7. The number of nitro benzene ring substituents is 1. The van der Waals surface area contributed by atoms with Crippen molar-refractivity contribution in [1.29, 1.82) is 0 Å². The Hall–Kier alpha value is -4.86. The average molecular weight is 528 g/mol. The molecule has 0 bridgehead atoms. The Morgan fingerprint density at radius 3 is 2.51 bits per heavy atom. The van der Waals surface area contributed by atoms with Crippen molar-refractivity contribution < 1.29 is 28.7 Å². The molecule has 0 aromatic heterocycles. The molecule has 10 heteroatoms. The average Bonchev–Trinajstić information content (AvgIpc) is 3.40. The van der Waals surface area contributed by atoms with Crippen LogP contribution in [0.4, 0.5) is 16.2 Å². The number of carbonyl (C=O) groups excluding carboxylic acids is 2. The summed E-state index contributed by atoms with van der Waals surface area (Å²) in [4.78, 5) is 42.3. The summed E-state index contributed by atoms with van der Waals surface area (Å²) in [5.74, 6) is 0.0122. The van der Waals surface area contributed by atoms with E-state index in [1.165, 1.54) is 31.3 Å². The Morgan fingerprint density at radius 2 is 1.85 bits per heavy atom. The lowest BCUT2D eigenvalue weighted by Gasteiger charge is -2.50. The summed E-state index contributed by atoms with van der Waals surface area (Å²) in [6.45, 7) is 4.16. The van der Waals surface area contributed by atoms with Gasteiger partial charge in [-0.2, -0.15) is 0 Å². The van der Waals surface area contributed by atoms with Gasteiger partial charge < -0.3 is 19.1 Å². The first-order chi connectivity index (χ1) is 18.8. The molecule has 198 valence electrons. The summed E-state index contributed by atoms with van der Waals surface area (Å²) in [5.41, 5.74) is -0.447. The fraction of sp³-hybridized carbons (Fsp3) is 0.241. The van der Waals surface area contributed by atoms with Gasteiger partial charge in [-0.15, -0.1) is 0 Å². The van der Waals surface area contributed by atoms with Gasteiger partial charge in [0.1, 0.15) is 11.3 Å². The van der Waals surface area contributed by atoms with Crippen molar-refractivity contribution in [3.63, 3.8) is 0 Å². The molecule has 3 aliphatic heterocycles. The van der Waals surface area contributed by atoms with Gasteiger partial charge in [-0.3, -0.25) is 19.8 Å². The van der Waals surface area contributed by atoms with E-state index in [0.29, 0.717) is 29.0 Å². The molecule has 0 unspecified atom stereocenters. The highest BCUT2D eigenvalue weighted by Crippen LogP contribution is 2.68. The van der Waals surface area contributed by atoms with Gasteiger partial charge in [0.15, 0.2) is 5.60 Å². The van der Waals surface area contributed by atoms with Crippen molar-refractivity contribution in [2.45, 2.75) is 17.6 Å². The Morgan fingerprint density at radius 1 is 1.13 bits per heavy atom. The molecule has 3 heterocycles. The van der Waals surface area contributed by atoms with Crippen LogP contribution >= 0.6 is 0 Å². The number of methoxy groups -OCH3 is 2. The third kappa shape index (κ3) is 3.02. The van der Waals surface area contributed by atoms with Crippen LogP contribution in [-0.4, -0.2) is 49.1 Å². The maximum Gasteiger partial charge on any atom is 0.409 e. The molecule has 1 saturated heterocycles. The first kappa shape index (κ1) is 24.5. The van der Waals surface area contributed by atoms with Gasteiger partial charge in [-0.1, -0.05) is 49.1 Å². The lowest BCUT2D eigenvalue weighted by atomic mass is 9.69. The maximum absolute atomic E-state index is 14.4. The molecule has 1 fully saturated rings. The van der Waals surface area contributed by atoms with Gasteiger partial charge in [0, 0.05) is 35.7 Å². The van der Waals surface area contributed by atoms with E-state index >= 15 is 0 Å². The Bertz CT molecular complexity index is 1560. The van der Waals surface area contributed by atoms with E-state index in [1.54, 1.807) is 29.2 Å². The summed E-state index contributed by atoms with van der Waals surface area (Å²) < 4.78 is 17.3. The third-order valence-electron chi connectivity index (χ3n) is 8.01. The number of benzene rings is 3. The third-order valence-corrected chi connectivity index (χ3v) is 8.01. The zero-order valence-electron chi connectivity index (χ0n) is 21.4. The Balaban J connectivity index is 1.74. The molecule has 2 amide bonds. The van der Waals surface area contributed by atoms with Gasteiger partial charge in [-0.25, -0.2) is 4.79 Å². The number of hydrogen-bond donors (Lipinski definition) is 0. The molecule has 0 spiro atoms. The number of rotatable bonds is 4. The van der Waals surface area contributed by atoms with Gasteiger partial charge >= 0.3 is 11.8 Å². The second-order valence-corrected chi connectivity index (χ2v) is 9.63. The van der Waals surface area contributed by atoms with Crippen molar-refractivity contribution in [1.82, 2.24) is 4.90 Å².